The van der Waals surface area contributed by atoms with Crippen LogP contribution in [0, 0.1) is 0 Å². The van der Waals surface area contributed by atoms with Gasteiger partial charge in [0.2, 0.25) is 0 Å². The number of hydrogen-bond acceptors (Lipinski definition) is 1. The van der Waals surface area contributed by atoms with Crippen LogP contribution in [-0.2, 0) is 18.8 Å². The summed E-state index contributed by atoms with van der Waals surface area (Å²) in [7, 11) is 0. The third-order valence-electron chi connectivity index (χ3n) is 5.35. The van der Waals surface area contributed by atoms with Gasteiger partial charge in [-0.25, -0.2) is 4.79 Å². The second kappa shape index (κ2) is 7.85. The lowest BCUT2D eigenvalue weighted by Crippen LogP contribution is -2.48. The first-order valence-electron chi connectivity index (χ1n) is 9.31. The van der Waals surface area contributed by atoms with Gasteiger partial charge in [-0.3, -0.25) is 0 Å². The van der Waals surface area contributed by atoms with E-state index in [1.165, 1.54) is 23.1 Å². The van der Waals surface area contributed by atoms with Gasteiger partial charge in [0.05, 0.1) is 11.1 Å². The zero-order valence-electron chi connectivity index (χ0n) is 16.1. The largest absolute Gasteiger partial charge is 0.416 e. The maximum Gasteiger partial charge on any atom is 0.416 e. The van der Waals surface area contributed by atoms with Crippen molar-refractivity contribution < 1.29 is 31.1 Å². The van der Waals surface area contributed by atoms with Crippen molar-refractivity contribution in [2.24, 2.45) is 0 Å². The van der Waals surface area contributed by atoms with E-state index in [4.69, 9.17) is 0 Å². The molecule has 2 amide bonds. The Labute approximate surface area is 169 Å². The molecule has 2 aromatic carbocycles. The van der Waals surface area contributed by atoms with Gasteiger partial charge in [0, 0.05) is 17.8 Å². The Morgan fingerprint density at radius 3 is 2.23 bits per heavy atom. The Balaban J connectivity index is 1.77. The Hall–Kier alpha value is -2.71. The molecule has 1 unspecified atom stereocenters. The smallest absolute Gasteiger partial charge is 0.319 e. The lowest BCUT2D eigenvalue weighted by atomic mass is 9.88. The highest BCUT2D eigenvalue weighted by atomic mass is 19.4. The molecule has 1 N–H and O–H groups in total. The summed E-state index contributed by atoms with van der Waals surface area (Å²) < 4.78 is 78.0. The maximum absolute atomic E-state index is 13.3. The molecule has 1 saturated heterocycles. The van der Waals surface area contributed by atoms with Crippen LogP contribution in [0.15, 0.2) is 48.5 Å². The highest BCUT2D eigenvalue weighted by Crippen LogP contribution is 2.38. The molecule has 1 aliphatic heterocycles. The molecule has 3 rings (SSSR count). The van der Waals surface area contributed by atoms with E-state index >= 15 is 0 Å². The van der Waals surface area contributed by atoms with Crippen molar-refractivity contribution in [2.75, 3.05) is 11.9 Å². The normalized spacial score (nSPS) is 19.8. The molecule has 1 atom stereocenters. The summed E-state index contributed by atoms with van der Waals surface area (Å²) in [5, 5.41) is 2.55. The fourth-order valence-corrected chi connectivity index (χ4v) is 3.85. The van der Waals surface area contributed by atoms with E-state index < -0.39 is 35.0 Å². The zero-order valence-corrected chi connectivity index (χ0v) is 16.1. The first kappa shape index (κ1) is 22.0. The minimum atomic E-state index is -4.50. The first-order valence-corrected chi connectivity index (χ1v) is 9.31. The van der Waals surface area contributed by atoms with Crippen LogP contribution in [-0.4, -0.2) is 23.0 Å². The molecule has 0 spiro atoms. The molecule has 3 nitrogen and oxygen atoms in total. The number of carbonyl (C=O) groups is 1. The van der Waals surface area contributed by atoms with Crippen LogP contribution in [0.4, 0.5) is 36.8 Å². The number of rotatable bonds is 3. The van der Waals surface area contributed by atoms with Gasteiger partial charge >= 0.3 is 18.4 Å². The lowest BCUT2D eigenvalue weighted by Gasteiger charge is -2.36. The zero-order chi connectivity index (χ0) is 22.2. The van der Waals surface area contributed by atoms with E-state index in [2.05, 4.69) is 5.32 Å². The third kappa shape index (κ3) is 4.71. The highest BCUT2D eigenvalue weighted by molar-refractivity contribution is 5.90. The van der Waals surface area contributed by atoms with E-state index in [9.17, 15) is 31.1 Å². The molecule has 0 aliphatic carbocycles. The topological polar surface area (TPSA) is 32.3 Å². The molecule has 1 fully saturated rings. The molecular formula is C21H20F6N2O. The number of hydrogen-bond donors (Lipinski definition) is 1. The van der Waals surface area contributed by atoms with Crippen LogP contribution in [0.5, 0.6) is 0 Å². The minimum Gasteiger partial charge on any atom is -0.319 e. The standard InChI is InChI=1S/C21H20F6N2O/c1-19(13-14-5-2-3-6-17(14)21(25,26)27)11-4-12-29(19)18(30)28-16-9-7-15(8-10-16)20(22,23)24/h2-3,5-10H,4,11-13H2,1H3,(H,28,30). The van der Waals surface area contributed by atoms with Gasteiger partial charge in [-0.2, -0.15) is 26.3 Å². The lowest BCUT2D eigenvalue weighted by molar-refractivity contribution is -0.138. The average molecular weight is 430 g/mol. The monoisotopic (exact) mass is 430 g/mol. The van der Waals surface area contributed by atoms with Gasteiger partial charge in [0.15, 0.2) is 0 Å². The van der Waals surface area contributed by atoms with Crippen molar-refractivity contribution in [1.82, 2.24) is 4.90 Å². The van der Waals surface area contributed by atoms with E-state index in [0.717, 1.165) is 30.3 Å². The molecule has 2 aromatic rings. The van der Waals surface area contributed by atoms with Crippen LogP contribution >= 0.6 is 0 Å². The molecule has 0 bridgehead atoms. The number of likely N-dealkylation sites (tertiary alicyclic amines) is 1. The number of amides is 2. The summed E-state index contributed by atoms with van der Waals surface area (Å²) in [6.45, 7) is 2.07. The Bertz CT molecular complexity index is 907. The second-order valence-electron chi connectivity index (χ2n) is 7.59. The molecule has 0 saturated carbocycles. The van der Waals surface area contributed by atoms with Gasteiger partial charge in [0.1, 0.15) is 0 Å². The number of carbonyl (C=O) groups excluding carboxylic acids is 1. The number of nitrogens with zero attached hydrogens (tertiary/aromatic N) is 1. The number of halogens is 6. The van der Waals surface area contributed by atoms with Gasteiger partial charge in [-0.15, -0.1) is 0 Å². The van der Waals surface area contributed by atoms with Crippen molar-refractivity contribution in [3.63, 3.8) is 0 Å². The Morgan fingerprint density at radius 1 is 1.00 bits per heavy atom. The quantitative estimate of drug-likeness (QED) is 0.565. The van der Waals surface area contributed by atoms with Crippen LogP contribution < -0.4 is 5.32 Å². The van der Waals surface area contributed by atoms with Crippen molar-refractivity contribution in [3.05, 3.63) is 65.2 Å². The highest BCUT2D eigenvalue weighted by Gasteiger charge is 2.42. The molecule has 1 aliphatic rings. The van der Waals surface area contributed by atoms with Crippen molar-refractivity contribution in [2.45, 2.75) is 44.1 Å². The fourth-order valence-electron chi connectivity index (χ4n) is 3.85. The van der Waals surface area contributed by atoms with Crippen molar-refractivity contribution in [1.29, 1.82) is 0 Å². The van der Waals surface area contributed by atoms with Crippen LogP contribution in [0.25, 0.3) is 0 Å². The van der Waals surface area contributed by atoms with Gasteiger partial charge in [-0.05, 0) is 62.1 Å². The maximum atomic E-state index is 13.3. The molecule has 1 heterocycles. The molecule has 162 valence electrons. The second-order valence-corrected chi connectivity index (χ2v) is 7.59. The SMILES string of the molecule is CC1(Cc2ccccc2C(F)(F)F)CCCN1C(=O)Nc1ccc(C(F)(F)F)cc1. The van der Waals surface area contributed by atoms with Crippen LogP contribution in [0.1, 0.15) is 36.5 Å². The third-order valence-corrected chi connectivity index (χ3v) is 5.35. The molecule has 0 aromatic heterocycles. The average Bonchev–Trinajstić information content (AvgIpc) is 3.02. The fraction of sp³-hybridized carbons (Fsp3) is 0.381. The predicted molar refractivity (Wildman–Crippen MR) is 100.0 cm³/mol. The number of benzene rings is 2. The van der Waals surface area contributed by atoms with Gasteiger partial charge in [0.25, 0.3) is 0 Å². The Morgan fingerprint density at radius 2 is 1.63 bits per heavy atom. The molecule has 0 radical (unpaired) electrons. The van der Waals surface area contributed by atoms with Crippen LogP contribution in [0.2, 0.25) is 0 Å². The van der Waals surface area contributed by atoms with E-state index in [1.807, 2.05) is 0 Å². The summed E-state index contributed by atoms with van der Waals surface area (Å²) in [5.74, 6) is 0. The van der Waals surface area contributed by atoms with Crippen molar-refractivity contribution >= 4 is 11.7 Å². The number of nitrogens with one attached hydrogen (secondary N) is 1. The summed E-state index contributed by atoms with van der Waals surface area (Å²) in [6.07, 6.45) is -7.84. The number of alkyl halides is 6. The van der Waals surface area contributed by atoms with E-state index in [0.29, 0.717) is 19.4 Å². The molecule has 30 heavy (non-hydrogen) atoms. The summed E-state index contributed by atoms with van der Waals surface area (Å²) in [4.78, 5) is 14.2. The van der Waals surface area contributed by atoms with Gasteiger partial charge < -0.3 is 10.2 Å². The van der Waals surface area contributed by atoms with Crippen molar-refractivity contribution in [3.8, 4) is 0 Å². The summed E-state index contributed by atoms with van der Waals surface area (Å²) >= 11 is 0. The number of anilines is 1. The van der Waals surface area contributed by atoms with Crippen LogP contribution in [0.3, 0.4) is 0 Å². The van der Waals surface area contributed by atoms with E-state index in [1.54, 1.807) is 6.92 Å². The van der Waals surface area contributed by atoms with Gasteiger partial charge in [-0.1, -0.05) is 18.2 Å². The summed E-state index contributed by atoms with van der Waals surface area (Å²) in [6, 6.07) is 8.71. The molecule has 9 heteroatoms. The van der Waals surface area contributed by atoms with E-state index in [-0.39, 0.29) is 17.7 Å². The molecular weight excluding hydrogens is 410 g/mol. The Kier molecular flexibility index (Phi) is 5.75. The first-order chi connectivity index (χ1) is 13.9. The summed E-state index contributed by atoms with van der Waals surface area (Å²) in [5.41, 5.74) is -2.15. The minimum absolute atomic E-state index is 0.0170. The predicted octanol–water partition coefficient (Wildman–Crippen LogP) is 6.35. The number of urea groups is 1.